The molecule has 1 atom stereocenters. The number of anilines is 1. The van der Waals surface area contributed by atoms with Crippen LogP contribution < -0.4 is 10.1 Å². The lowest BCUT2D eigenvalue weighted by atomic mass is 10.1. The van der Waals surface area contributed by atoms with Crippen molar-refractivity contribution in [2.75, 3.05) is 11.1 Å². The summed E-state index contributed by atoms with van der Waals surface area (Å²) in [5.74, 6) is -1.39. The number of thioether (sulfide) groups is 1. The molecule has 0 aliphatic heterocycles. The Labute approximate surface area is 216 Å². The van der Waals surface area contributed by atoms with E-state index in [4.69, 9.17) is 4.74 Å². The van der Waals surface area contributed by atoms with Crippen LogP contribution in [0.25, 0.3) is 0 Å². The first-order chi connectivity index (χ1) is 17.4. The molecule has 1 amide bonds. The van der Waals surface area contributed by atoms with Gasteiger partial charge < -0.3 is 10.1 Å². The second kappa shape index (κ2) is 11.7. The molecule has 36 heavy (non-hydrogen) atoms. The molecule has 11 heteroatoms. The van der Waals surface area contributed by atoms with Crippen molar-refractivity contribution < 1.29 is 18.3 Å². The zero-order chi connectivity index (χ0) is 25.7. The average Bonchev–Trinajstić information content (AvgIpc) is 3.31. The fraction of sp³-hybridized carbons (Fsp3) is 0.360. The number of halogens is 2. The monoisotopic (exact) mass is 529 g/mol. The maximum Gasteiger partial charge on any atom is 0.235 e. The van der Waals surface area contributed by atoms with E-state index in [1.165, 1.54) is 34.0 Å². The second-order valence-corrected chi connectivity index (χ2v) is 10.3. The van der Waals surface area contributed by atoms with Gasteiger partial charge in [-0.05, 0) is 50.3 Å². The van der Waals surface area contributed by atoms with Gasteiger partial charge in [-0.25, -0.2) is 8.78 Å². The molecule has 2 heterocycles. The minimum atomic E-state index is -0.814. The lowest BCUT2D eigenvalue weighted by Gasteiger charge is -2.16. The molecule has 2 aromatic heterocycles. The van der Waals surface area contributed by atoms with Crippen LogP contribution in [0.4, 0.5) is 13.8 Å². The summed E-state index contributed by atoms with van der Waals surface area (Å²) < 4.78 is 34.6. The average molecular weight is 530 g/mol. The molecule has 0 saturated heterocycles. The van der Waals surface area contributed by atoms with Crippen molar-refractivity contribution in [2.45, 2.75) is 56.8 Å². The molecule has 0 bridgehead atoms. The van der Waals surface area contributed by atoms with Crippen LogP contribution in [-0.4, -0.2) is 26.4 Å². The summed E-state index contributed by atoms with van der Waals surface area (Å²) in [6, 6.07) is 5.35. The van der Waals surface area contributed by atoms with Crippen LogP contribution in [0, 0.1) is 23.0 Å². The summed E-state index contributed by atoms with van der Waals surface area (Å²) in [5, 5.41) is 22.0. The lowest BCUT2D eigenvalue weighted by Crippen LogP contribution is -2.15. The predicted molar refractivity (Wildman–Crippen MR) is 135 cm³/mol. The number of thiophene rings is 1. The fourth-order valence-electron chi connectivity index (χ4n) is 4.06. The van der Waals surface area contributed by atoms with Gasteiger partial charge in [0, 0.05) is 17.5 Å². The number of carbonyl (C=O) groups excluding carboxylic acids is 1. The zero-order valence-corrected chi connectivity index (χ0v) is 21.4. The number of nitrogens with one attached hydrogen (secondary N) is 1. The molecule has 7 nitrogen and oxygen atoms in total. The Bertz CT molecular complexity index is 1310. The van der Waals surface area contributed by atoms with Crippen LogP contribution in [0.5, 0.6) is 5.75 Å². The highest BCUT2D eigenvalue weighted by molar-refractivity contribution is 7.99. The molecule has 0 spiro atoms. The highest BCUT2D eigenvalue weighted by Crippen LogP contribution is 2.37. The first kappa shape index (κ1) is 25.9. The van der Waals surface area contributed by atoms with Crippen LogP contribution >= 0.6 is 23.1 Å². The first-order valence-corrected chi connectivity index (χ1v) is 13.3. The van der Waals surface area contributed by atoms with Crippen molar-refractivity contribution in [2.24, 2.45) is 0 Å². The number of aromatic nitrogens is 3. The number of nitrogens with zero attached hydrogens (tertiary/aromatic N) is 4. The number of ether oxygens (including phenoxy) is 1. The van der Waals surface area contributed by atoms with Gasteiger partial charge in [-0.2, -0.15) is 5.26 Å². The Balaban J connectivity index is 1.44. The number of nitriles is 1. The maximum absolute atomic E-state index is 14.0. The third kappa shape index (κ3) is 5.77. The molecular formula is C25H25F2N5O2S2. The van der Waals surface area contributed by atoms with E-state index in [-0.39, 0.29) is 17.4 Å². The summed E-state index contributed by atoms with van der Waals surface area (Å²) in [7, 11) is 0. The number of rotatable bonds is 9. The number of allylic oxidation sites excluding steroid dienone is 1. The summed E-state index contributed by atoms with van der Waals surface area (Å²) in [6.45, 7) is 5.78. The van der Waals surface area contributed by atoms with Crippen molar-refractivity contribution >= 4 is 34.0 Å². The van der Waals surface area contributed by atoms with Gasteiger partial charge >= 0.3 is 0 Å². The smallest absolute Gasteiger partial charge is 0.235 e. The van der Waals surface area contributed by atoms with Gasteiger partial charge in [0.15, 0.2) is 28.7 Å². The molecule has 3 aromatic rings. The van der Waals surface area contributed by atoms with Crippen LogP contribution in [0.15, 0.2) is 36.0 Å². The molecule has 1 N–H and O–H groups in total. The van der Waals surface area contributed by atoms with Crippen LogP contribution in [0.1, 0.15) is 54.1 Å². The van der Waals surface area contributed by atoms with Gasteiger partial charge in [0.1, 0.15) is 16.9 Å². The number of fused-ring (bicyclic) bond motifs is 1. The lowest BCUT2D eigenvalue weighted by molar-refractivity contribution is -0.113. The maximum atomic E-state index is 14.0. The van der Waals surface area contributed by atoms with Gasteiger partial charge in [0.2, 0.25) is 5.91 Å². The van der Waals surface area contributed by atoms with E-state index in [1.807, 2.05) is 0 Å². The Hall–Kier alpha value is -3.23. The number of hydrogen-bond acceptors (Lipinski definition) is 7. The summed E-state index contributed by atoms with van der Waals surface area (Å²) in [4.78, 5) is 13.9. The molecule has 188 valence electrons. The van der Waals surface area contributed by atoms with E-state index < -0.39 is 17.7 Å². The number of carbonyl (C=O) groups is 1. The first-order valence-electron chi connectivity index (χ1n) is 11.5. The van der Waals surface area contributed by atoms with E-state index in [0.29, 0.717) is 28.1 Å². The van der Waals surface area contributed by atoms with Crippen molar-refractivity contribution in [3.63, 3.8) is 0 Å². The molecule has 0 saturated carbocycles. The minimum Gasteiger partial charge on any atom is -0.480 e. The van der Waals surface area contributed by atoms with Crippen molar-refractivity contribution in [1.29, 1.82) is 5.26 Å². The quantitative estimate of drug-likeness (QED) is 0.213. The number of amides is 1. The van der Waals surface area contributed by atoms with E-state index in [1.54, 1.807) is 17.6 Å². The molecular weight excluding hydrogens is 504 g/mol. The van der Waals surface area contributed by atoms with Gasteiger partial charge in [0.25, 0.3) is 0 Å². The standard InChI is InChI=1S/C25H25F2N5O2S2/c1-3-11-32-23(15(2)34-20-10-9-16(26)12-19(20)27)30-31-25(32)35-14-22(33)29-24-18(13-28)17-7-5-4-6-8-21(17)36-24/h3,9-10,12,15H,1,4-8,11,14H2,2H3,(H,29,33). The molecule has 0 fully saturated rings. The highest BCUT2D eigenvalue weighted by atomic mass is 32.2. The Kier molecular flexibility index (Phi) is 8.38. The van der Waals surface area contributed by atoms with E-state index in [9.17, 15) is 18.8 Å². The topological polar surface area (TPSA) is 92.8 Å². The highest BCUT2D eigenvalue weighted by Gasteiger charge is 2.23. The zero-order valence-electron chi connectivity index (χ0n) is 19.7. The summed E-state index contributed by atoms with van der Waals surface area (Å²) in [6.07, 6.45) is 6.07. The van der Waals surface area contributed by atoms with Gasteiger partial charge in [-0.15, -0.1) is 28.1 Å². The Morgan fingerprint density at radius 1 is 1.36 bits per heavy atom. The molecule has 1 aliphatic rings. The number of aryl methyl sites for hydroxylation is 1. The SMILES string of the molecule is C=CCn1c(SCC(=O)Nc2sc3c(c2C#N)CCCCC3)nnc1C(C)Oc1ccc(F)cc1F. The van der Waals surface area contributed by atoms with Crippen LogP contribution in [-0.2, 0) is 24.2 Å². The summed E-state index contributed by atoms with van der Waals surface area (Å²) in [5.41, 5.74) is 1.65. The molecule has 4 rings (SSSR count). The second-order valence-electron chi connectivity index (χ2n) is 8.29. The molecule has 1 aromatic carbocycles. The van der Waals surface area contributed by atoms with Crippen LogP contribution in [0.3, 0.4) is 0 Å². The van der Waals surface area contributed by atoms with Gasteiger partial charge in [-0.1, -0.05) is 24.3 Å². The van der Waals surface area contributed by atoms with E-state index in [2.05, 4.69) is 28.2 Å². The Morgan fingerprint density at radius 2 is 2.17 bits per heavy atom. The van der Waals surface area contributed by atoms with Crippen molar-refractivity contribution in [1.82, 2.24) is 14.8 Å². The predicted octanol–water partition coefficient (Wildman–Crippen LogP) is 5.82. The Morgan fingerprint density at radius 3 is 2.92 bits per heavy atom. The normalized spacial score (nSPS) is 13.8. The van der Waals surface area contributed by atoms with Crippen molar-refractivity contribution in [3.8, 4) is 11.8 Å². The molecule has 0 radical (unpaired) electrons. The van der Waals surface area contributed by atoms with Crippen molar-refractivity contribution in [3.05, 3.63) is 64.3 Å². The number of hydrogen-bond donors (Lipinski definition) is 1. The minimum absolute atomic E-state index is 0.0601. The molecule has 1 unspecified atom stereocenters. The third-order valence-corrected chi connectivity index (χ3v) is 7.91. The van der Waals surface area contributed by atoms with Gasteiger partial charge in [-0.3, -0.25) is 9.36 Å². The fourth-order valence-corrected chi connectivity index (χ4v) is 6.07. The van der Waals surface area contributed by atoms with E-state index >= 15 is 0 Å². The van der Waals surface area contributed by atoms with E-state index in [0.717, 1.165) is 49.8 Å². The third-order valence-electron chi connectivity index (χ3n) is 5.74. The van der Waals surface area contributed by atoms with Crippen LogP contribution in [0.2, 0.25) is 0 Å². The number of benzene rings is 1. The summed E-state index contributed by atoms with van der Waals surface area (Å²) >= 11 is 2.68. The van der Waals surface area contributed by atoms with Gasteiger partial charge in [0.05, 0.1) is 11.3 Å². The molecule has 1 aliphatic carbocycles. The largest absolute Gasteiger partial charge is 0.480 e.